The van der Waals surface area contributed by atoms with Gasteiger partial charge in [0.05, 0.1) is 0 Å². The topological polar surface area (TPSA) is 41.1 Å². The average molecular weight is 349 g/mol. The van der Waals surface area contributed by atoms with Crippen molar-refractivity contribution in [3.63, 3.8) is 0 Å². The van der Waals surface area contributed by atoms with E-state index in [2.05, 4.69) is 26.6 Å². The number of benzene rings is 2. The molecule has 5 heteroatoms. The van der Waals surface area contributed by atoms with Gasteiger partial charge in [0.2, 0.25) is 0 Å². The van der Waals surface area contributed by atoms with E-state index in [1.54, 1.807) is 12.1 Å². The number of rotatable bonds is 2. The second kappa shape index (κ2) is 6.63. The van der Waals surface area contributed by atoms with Gasteiger partial charge in [-0.05, 0) is 49.0 Å². The zero-order valence-corrected chi connectivity index (χ0v) is 13.2. The zero-order valence-electron chi connectivity index (χ0n) is 10.8. The number of carbonyl (C=O) groups is 1. The van der Waals surface area contributed by atoms with Crippen LogP contribution in [0, 0.1) is 6.92 Å². The van der Waals surface area contributed by atoms with Gasteiger partial charge in [0, 0.05) is 15.7 Å². The van der Waals surface area contributed by atoms with Crippen LogP contribution in [0.2, 0.25) is 0 Å². The molecule has 2 N–H and O–H groups in total. The second-order valence-corrected chi connectivity index (χ2v) is 5.50. The summed E-state index contributed by atoms with van der Waals surface area (Å²) in [5.41, 5.74) is 2.53. The molecule has 0 saturated heterocycles. The Kier molecular flexibility index (Phi) is 4.87. The van der Waals surface area contributed by atoms with Gasteiger partial charge >= 0.3 is 0 Å². The fourth-order valence-electron chi connectivity index (χ4n) is 1.60. The predicted octanol–water partition coefficient (Wildman–Crippen LogP) is 3.88. The maximum Gasteiger partial charge on any atom is 0.257 e. The van der Waals surface area contributed by atoms with Gasteiger partial charge in [0.15, 0.2) is 5.11 Å². The summed E-state index contributed by atoms with van der Waals surface area (Å²) in [5.74, 6) is -0.228. The van der Waals surface area contributed by atoms with E-state index in [1.165, 1.54) is 0 Å². The van der Waals surface area contributed by atoms with Crippen molar-refractivity contribution in [1.29, 1.82) is 0 Å². The monoisotopic (exact) mass is 348 g/mol. The SMILES string of the molecule is Cc1ccc(NC(=S)NC(=O)c2ccccc2)cc1Br. The summed E-state index contributed by atoms with van der Waals surface area (Å²) in [6.45, 7) is 2.00. The molecule has 20 heavy (non-hydrogen) atoms. The van der Waals surface area contributed by atoms with Crippen LogP contribution in [0.15, 0.2) is 53.0 Å². The van der Waals surface area contributed by atoms with E-state index in [9.17, 15) is 4.79 Å². The minimum Gasteiger partial charge on any atom is -0.332 e. The first-order valence-electron chi connectivity index (χ1n) is 6.00. The Morgan fingerprint density at radius 2 is 1.85 bits per heavy atom. The Labute approximate surface area is 131 Å². The molecule has 2 aromatic carbocycles. The highest BCUT2D eigenvalue weighted by molar-refractivity contribution is 9.10. The molecule has 0 radical (unpaired) electrons. The molecule has 0 heterocycles. The van der Waals surface area contributed by atoms with Crippen LogP contribution in [-0.4, -0.2) is 11.0 Å². The van der Waals surface area contributed by atoms with E-state index in [1.807, 2.05) is 43.3 Å². The number of hydrogen-bond acceptors (Lipinski definition) is 2. The predicted molar refractivity (Wildman–Crippen MR) is 89.0 cm³/mol. The maximum absolute atomic E-state index is 11.9. The molecule has 0 saturated carbocycles. The molecule has 1 amide bonds. The van der Waals surface area contributed by atoms with E-state index in [0.29, 0.717) is 5.56 Å². The lowest BCUT2D eigenvalue weighted by atomic mass is 10.2. The summed E-state index contributed by atoms with van der Waals surface area (Å²) >= 11 is 8.58. The van der Waals surface area contributed by atoms with Crippen LogP contribution in [0.3, 0.4) is 0 Å². The fraction of sp³-hybridized carbons (Fsp3) is 0.0667. The Bertz CT molecular complexity index is 644. The first kappa shape index (κ1) is 14.7. The highest BCUT2D eigenvalue weighted by Gasteiger charge is 2.07. The van der Waals surface area contributed by atoms with Gasteiger partial charge in [0.25, 0.3) is 5.91 Å². The van der Waals surface area contributed by atoms with Crippen LogP contribution >= 0.6 is 28.1 Å². The summed E-state index contributed by atoms with van der Waals surface area (Å²) in [7, 11) is 0. The summed E-state index contributed by atoms with van der Waals surface area (Å²) in [5, 5.41) is 5.90. The molecular formula is C15H13BrN2OS. The van der Waals surface area contributed by atoms with Crippen molar-refractivity contribution in [1.82, 2.24) is 5.32 Å². The summed E-state index contributed by atoms with van der Waals surface area (Å²) in [6, 6.07) is 14.7. The van der Waals surface area contributed by atoms with Crippen molar-refractivity contribution in [2.45, 2.75) is 6.92 Å². The highest BCUT2D eigenvalue weighted by atomic mass is 79.9. The van der Waals surface area contributed by atoms with Crippen molar-refractivity contribution in [2.24, 2.45) is 0 Å². The van der Waals surface area contributed by atoms with Gasteiger partial charge in [-0.1, -0.05) is 40.2 Å². The van der Waals surface area contributed by atoms with E-state index in [0.717, 1.165) is 15.7 Å². The lowest BCUT2D eigenvalue weighted by Crippen LogP contribution is -2.34. The molecule has 0 unspecified atom stereocenters. The average Bonchev–Trinajstić information content (AvgIpc) is 2.44. The van der Waals surface area contributed by atoms with Gasteiger partial charge in [-0.15, -0.1) is 0 Å². The second-order valence-electron chi connectivity index (χ2n) is 4.24. The summed E-state index contributed by atoms with van der Waals surface area (Å²) < 4.78 is 0.986. The van der Waals surface area contributed by atoms with Gasteiger partial charge < -0.3 is 5.32 Å². The number of thiocarbonyl (C=S) groups is 1. The molecule has 2 aromatic rings. The summed E-state index contributed by atoms with van der Waals surface area (Å²) in [4.78, 5) is 11.9. The third-order valence-electron chi connectivity index (χ3n) is 2.69. The molecule has 0 spiro atoms. The Balaban J connectivity index is 1.99. The van der Waals surface area contributed by atoms with Crippen molar-refractivity contribution in [3.8, 4) is 0 Å². The first-order chi connectivity index (χ1) is 9.56. The number of hydrogen-bond donors (Lipinski definition) is 2. The molecular weight excluding hydrogens is 336 g/mol. The standard InChI is InChI=1S/C15H13BrN2OS/c1-10-7-8-12(9-13(10)16)17-15(20)18-14(19)11-5-3-2-4-6-11/h2-9H,1H3,(H2,17,18,19,20). The largest absolute Gasteiger partial charge is 0.332 e. The molecule has 0 bridgehead atoms. The normalized spacial score (nSPS) is 9.90. The van der Waals surface area contributed by atoms with E-state index in [4.69, 9.17) is 12.2 Å². The highest BCUT2D eigenvalue weighted by Crippen LogP contribution is 2.20. The third kappa shape index (κ3) is 3.88. The van der Waals surface area contributed by atoms with E-state index < -0.39 is 0 Å². The van der Waals surface area contributed by atoms with E-state index in [-0.39, 0.29) is 11.0 Å². The Morgan fingerprint density at radius 1 is 1.15 bits per heavy atom. The molecule has 0 aromatic heterocycles. The number of aryl methyl sites for hydroxylation is 1. The molecule has 102 valence electrons. The van der Waals surface area contributed by atoms with Crippen LogP contribution in [0.5, 0.6) is 0 Å². The maximum atomic E-state index is 11.9. The minimum absolute atomic E-state index is 0.228. The lowest BCUT2D eigenvalue weighted by molar-refractivity contribution is 0.0978. The molecule has 3 nitrogen and oxygen atoms in total. The van der Waals surface area contributed by atoms with Crippen LogP contribution < -0.4 is 10.6 Å². The van der Waals surface area contributed by atoms with Gasteiger partial charge in [-0.25, -0.2) is 0 Å². The molecule has 0 aliphatic heterocycles. The number of nitrogens with one attached hydrogen (secondary N) is 2. The molecule has 2 rings (SSSR count). The summed E-state index contributed by atoms with van der Waals surface area (Å²) in [6.07, 6.45) is 0. The Hall–Kier alpha value is -1.72. The van der Waals surface area contributed by atoms with Gasteiger partial charge in [-0.2, -0.15) is 0 Å². The van der Waals surface area contributed by atoms with E-state index >= 15 is 0 Å². The first-order valence-corrected chi connectivity index (χ1v) is 7.20. The fourth-order valence-corrected chi connectivity index (χ4v) is 2.19. The van der Waals surface area contributed by atoms with Crippen molar-refractivity contribution >= 4 is 44.9 Å². The number of amides is 1. The minimum atomic E-state index is -0.228. The van der Waals surface area contributed by atoms with Crippen molar-refractivity contribution < 1.29 is 4.79 Å². The van der Waals surface area contributed by atoms with Crippen LogP contribution in [0.1, 0.15) is 15.9 Å². The zero-order chi connectivity index (χ0) is 14.5. The quantitative estimate of drug-likeness (QED) is 0.809. The Morgan fingerprint density at radius 3 is 2.50 bits per heavy atom. The number of carbonyl (C=O) groups excluding carboxylic acids is 1. The lowest BCUT2D eigenvalue weighted by Gasteiger charge is -2.10. The van der Waals surface area contributed by atoms with Crippen LogP contribution in [-0.2, 0) is 0 Å². The van der Waals surface area contributed by atoms with Crippen LogP contribution in [0.4, 0.5) is 5.69 Å². The number of halogens is 1. The molecule has 0 aliphatic carbocycles. The smallest absolute Gasteiger partial charge is 0.257 e. The van der Waals surface area contributed by atoms with Crippen molar-refractivity contribution in [2.75, 3.05) is 5.32 Å². The van der Waals surface area contributed by atoms with Crippen molar-refractivity contribution in [3.05, 3.63) is 64.1 Å². The van der Waals surface area contributed by atoms with Crippen LogP contribution in [0.25, 0.3) is 0 Å². The number of anilines is 1. The molecule has 0 aliphatic rings. The third-order valence-corrected chi connectivity index (χ3v) is 3.75. The van der Waals surface area contributed by atoms with Gasteiger partial charge in [0.1, 0.15) is 0 Å². The van der Waals surface area contributed by atoms with Gasteiger partial charge in [-0.3, -0.25) is 10.1 Å². The molecule has 0 fully saturated rings. The molecule has 0 atom stereocenters.